The third-order valence-electron chi connectivity index (χ3n) is 2.15. The van der Waals surface area contributed by atoms with Crippen LogP contribution in [0.25, 0.3) is 0 Å². The van der Waals surface area contributed by atoms with Crippen LogP contribution in [-0.4, -0.2) is 6.04 Å². The van der Waals surface area contributed by atoms with Crippen molar-refractivity contribution in [3.8, 4) is 6.07 Å². The summed E-state index contributed by atoms with van der Waals surface area (Å²) in [6.45, 7) is 6.09. The SMILES string of the molecule is CC(C)(C)C(C#N)Nc1ccc(Cl)cc1. The molecule has 0 fully saturated rings. The van der Waals surface area contributed by atoms with Gasteiger partial charge in [-0.2, -0.15) is 5.26 Å². The zero-order chi connectivity index (χ0) is 11.5. The third kappa shape index (κ3) is 3.45. The van der Waals surface area contributed by atoms with Gasteiger partial charge in [0, 0.05) is 10.7 Å². The molecule has 1 rings (SSSR count). The Hall–Kier alpha value is -1.20. The van der Waals surface area contributed by atoms with E-state index in [9.17, 15) is 0 Å². The van der Waals surface area contributed by atoms with Crippen LogP contribution in [0, 0.1) is 16.7 Å². The Balaban J connectivity index is 2.77. The first kappa shape index (κ1) is 11.9. The molecule has 0 spiro atoms. The minimum atomic E-state index is -0.210. The zero-order valence-corrected chi connectivity index (χ0v) is 9.97. The van der Waals surface area contributed by atoms with Gasteiger partial charge in [0.25, 0.3) is 0 Å². The number of hydrogen-bond donors (Lipinski definition) is 1. The molecule has 1 atom stereocenters. The Morgan fingerprint density at radius 1 is 1.27 bits per heavy atom. The summed E-state index contributed by atoms with van der Waals surface area (Å²) in [4.78, 5) is 0. The predicted molar refractivity (Wildman–Crippen MR) is 63.9 cm³/mol. The van der Waals surface area contributed by atoms with E-state index in [-0.39, 0.29) is 11.5 Å². The fourth-order valence-corrected chi connectivity index (χ4v) is 1.28. The lowest BCUT2D eigenvalue weighted by Gasteiger charge is -2.26. The Morgan fingerprint density at radius 2 is 1.80 bits per heavy atom. The summed E-state index contributed by atoms with van der Waals surface area (Å²) in [5.74, 6) is 0. The van der Waals surface area contributed by atoms with Crippen LogP contribution in [-0.2, 0) is 0 Å². The number of benzene rings is 1. The van der Waals surface area contributed by atoms with Crippen LogP contribution in [0.15, 0.2) is 24.3 Å². The van der Waals surface area contributed by atoms with Crippen LogP contribution < -0.4 is 5.32 Å². The third-order valence-corrected chi connectivity index (χ3v) is 2.40. The van der Waals surface area contributed by atoms with Crippen LogP contribution in [0.2, 0.25) is 5.02 Å². The summed E-state index contributed by atoms with van der Waals surface area (Å²) in [6, 6.07) is 9.41. The second-order valence-corrected chi connectivity index (χ2v) is 5.02. The van der Waals surface area contributed by atoms with Gasteiger partial charge in [0.05, 0.1) is 6.07 Å². The molecule has 80 valence electrons. The van der Waals surface area contributed by atoms with Crippen molar-refractivity contribution in [1.82, 2.24) is 0 Å². The molecule has 3 heteroatoms. The first-order chi connectivity index (χ1) is 6.93. The van der Waals surface area contributed by atoms with Crippen molar-refractivity contribution in [2.75, 3.05) is 5.32 Å². The second kappa shape index (κ2) is 4.55. The molecule has 0 bridgehead atoms. The normalized spacial score (nSPS) is 13.0. The number of hydrogen-bond acceptors (Lipinski definition) is 2. The van der Waals surface area contributed by atoms with Crippen LogP contribution in [0.5, 0.6) is 0 Å². The van der Waals surface area contributed by atoms with Gasteiger partial charge in [-0.3, -0.25) is 0 Å². The van der Waals surface area contributed by atoms with Gasteiger partial charge in [0.15, 0.2) is 0 Å². The molecular weight excluding hydrogens is 208 g/mol. The highest BCUT2D eigenvalue weighted by Crippen LogP contribution is 2.23. The van der Waals surface area contributed by atoms with Gasteiger partial charge in [0.1, 0.15) is 6.04 Å². The minimum Gasteiger partial charge on any atom is -0.369 e. The molecule has 0 aliphatic rings. The van der Waals surface area contributed by atoms with Gasteiger partial charge in [-0.05, 0) is 29.7 Å². The van der Waals surface area contributed by atoms with Crippen LogP contribution in [0.3, 0.4) is 0 Å². The van der Waals surface area contributed by atoms with Crippen molar-refractivity contribution >= 4 is 17.3 Å². The maximum absolute atomic E-state index is 9.04. The van der Waals surface area contributed by atoms with E-state index in [4.69, 9.17) is 16.9 Å². The molecule has 0 aliphatic carbocycles. The molecule has 0 saturated carbocycles. The monoisotopic (exact) mass is 222 g/mol. The highest BCUT2D eigenvalue weighted by atomic mass is 35.5. The quantitative estimate of drug-likeness (QED) is 0.829. The lowest BCUT2D eigenvalue weighted by Crippen LogP contribution is -2.32. The van der Waals surface area contributed by atoms with E-state index in [0.29, 0.717) is 5.02 Å². The first-order valence-corrected chi connectivity index (χ1v) is 5.23. The first-order valence-electron chi connectivity index (χ1n) is 4.85. The van der Waals surface area contributed by atoms with Gasteiger partial charge in [0.2, 0.25) is 0 Å². The average molecular weight is 223 g/mol. The summed E-state index contributed by atoms with van der Waals surface area (Å²) in [7, 11) is 0. The number of nitriles is 1. The number of nitrogens with zero attached hydrogens (tertiary/aromatic N) is 1. The summed E-state index contributed by atoms with van der Waals surface area (Å²) in [5, 5.41) is 12.9. The van der Waals surface area contributed by atoms with Crippen LogP contribution >= 0.6 is 11.6 Å². The molecule has 1 aromatic rings. The molecule has 0 aromatic heterocycles. The molecule has 1 N–H and O–H groups in total. The van der Waals surface area contributed by atoms with Crippen molar-refractivity contribution in [2.24, 2.45) is 5.41 Å². The van der Waals surface area contributed by atoms with E-state index in [0.717, 1.165) is 5.69 Å². The second-order valence-electron chi connectivity index (χ2n) is 4.58. The number of nitrogens with one attached hydrogen (secondary N) is 1. The van der Waals surface area contributed by atoms with Crippen molar-refractivity contribution in [2.45, 2.75) is 26.8 Å². The predicted octanol–water partition coefficient (Wildman–Crippen LogP) is 3.69. The fourth-order valence-electron chi connectivity index (χ4n) is 1.16. The lowest BCUT2D eigenvalue weighted by atomic mass is 9.87. The molecular formula is C12H15ClN2. The lowest BCUT2D eigenvalue weighted by molar-refractivity contribution is 0.390. The minimum absolute atomic E-state index is 0.0889. The molecule has 15 heavy (non-hydrogen) atoms. The van der Waals surface area contributed by atoms with Gasteiger partial charge < -0.3 is 5.32 Å². The fraction of sp³-hybridized carbons (Fsp3) is 0.417. The van der Waals surface area contributed by atoms with E-state index in [2.05, 4.69) is 11.4 Å². The van der Waals surface area contributed by atoms with Gasteiger partial charge in [-0.25, -0.2) is 0 Å². The highest BCUT2D eigenvalue weighted by Gasteiger charge is 2.23. The van der Waals surface area contributed by atoms with Gasteiger partial charge >= 0.3 is 0 Å². The van der Waals surface area contributed by atoms with E-state index in [1.807, 2.05) is 32.9 Å². The molecule has 0 radical (unpaired) electrons. The van der Waals surface area contributed by atoms with Crippen molar-refractivity contribution in [3.05, 3.63) is 29.3 Å². The number of halogens is 1. The molecule has 0 saturated heterocycles. The van der Waals surface area contributed by atoms with Crippen molar-refractivity contribution < 1.29 is 0 Å². The molecule has 2 nitrogen and oxygen atoms in total. The molecule has 0 amide bonds. The molecule has 1 aromatic carbocycles. The van der Waals surface area contributed by atoms with E-state index < -0.39 is 0 Å². The smallest absolute Gasteiger partial charge is 0.119 e. The molecule has 0 aliphatic heterocycles. The Kier molecular flexibility index (Phi) is 3.60. The molecule has 0 heterocycles. The zero-order valence-electron chi connectivity index (χ0n) is 9.21. The maximum Gasteiger partial charge on any atom is 0.119 e. The summed E-state index contributed by atoms with van der Waals surface area (Å²) < 4.78 is 0. The summed E-state index contributed by atoms with van der Waals surface area (Å²) in [5.41, 5.74) is 0.829. The molecule has 1 unspecified atom stereocenters. The van der Waals surface area contributed by atoms with Crippen LogP contribution in [0.4, 0.5) is 5.69 Å². The van der Waals surface area contributed by atoms with E-state index in [1.165, 1.54) is 0 Å². The number of anilines is 1. The Labute approximate surface area is 95.9 Å². The summed E-state index contributed by atoms with van der Waals surface area (Å²) >= 11 is 5.78. The maximum atomic E-state index is 9.04. The summed E-state index contributed by atoms with van der Waals surface area (Å²) in [6.07, 6.45) is 0. The Bertz CT molecular complexity index is 357. The topological polar surface area (TPSA) is 35.8 Å². The van der Waals surface area contributed by atoms with E-state index in [1.54, 1.807) is 12.1 Å². The van der Waals surface area contributed by atoms with Crippen LogP contribution in [0.1, 0.15) is 20.8 Å². The van der Waals surface area contributed by atoms with Crippen molar-refractivity contribution in [3.63, 3.8) is 0 Å². The number of rotatable bonds is 2. The van der Waals surface area contributed by atoms with Gasteiger partial charge in [-0.1, -0.05) is 32.4 Å². The van der Waals surface area contributed by atoms with Gasteiger partial charge in [-0.15, -0.1) is 0 Å². The highest BCUT2D eigenvalue weighted by molar-refractivity contribution is 6.30. The Morgan fingerprint density at radius 3 is 2.20 bits per heavy atom. The average Bonchev–Trinajstić information content (AvgIpc) is 2.15. The van der Waals surface area contributed by atoms with Crippen molar-refractivity contribution in [1.29, 1.82) is 5.26 Å². The van der Waals surface area contributed by atoms with E-state index >= 15 is 0 Å². The standard InChI is InChI=1S/C12H15ClN2/c1-12(2,3)11(8-14)15-10-6-4-9(13)5-7-10/h4-7,11,15H,1-3H3. The largest absolute Gasteiger partial charge is 0.369 e.